The number of ether oxygens (including phenoxy) is 3. The summed E-state index contributed by atoms with van der Waals surface area (Å²) in [5, 5.41) is 13.6. The van der Waals surface area contributed by atoms with E-state index in [1.807, 2.05) is 61.5 Å². The topological polar surface area (TPSA) is 107 Å². The molecule has 5 aromatic rings. The van der Waals surface area contributed by atoms with E-state index >= 15 is 0 Å². The first-order chi connectivity index (χ1) is 19.4. The monoisotopic (exact) mass is 538 g/mol. The maximum absolute atomic E-state index is 13.2. The van der Waals surface area contributed by atoms with Crippen LogP contribution in [0, 0.1) is 13.8 Å². The molecule has 204 valence electrons. The van der Waals surface area contributed by atoms with Crippen molar-refractivity contribution in [3.05, 3.63) is 105 Å². The molecule has 3 aromatic carbocycles. The summed E-state index contributed by atoms with van der Waals surface area (Å²) in [4.78, 5) is 18.4. The van der Waals surface area contributed by atoms with E-state index in [9.17, 15) is 4.79 Å². The molecule has 1 aliphatic heterocycles. The Kier molecular flexibility index (Phi) is 6.91. The van der Waals surface area contributed by atoms with Crippen molar-refractivity contribution in [2.45, 2.75) is 40.0 Å². The number of H-pyrrole nitrogens is 1. The Morgan fingerprint density at radius 1 is 0.950 bits per heavy atom. The summed E-state index contributed by atoms with van der Waals surface area (Å²) in [5.74, 6) is 2.94. The van der Waals surface area contributed by atoms with Crippen molar-refractivity contribution >= 4 is 10.9 Å². The molecular formula is C30H30N6O4. The predicted octanol–water partition coefficient (Wildman–Crippen LogP) is 4.12. The van der Waals surface area contributed by atoms with Crippen LogP contribution in [0.4, 0.5) is 0 Å². The molecule has 0 saturated carbocycles. The zero-order chi connectivity index (χ0) is 27.6. The van der Waals surface area contributed by atoms with Crippen LogP contribution in [-0.4, -0.2) is 44.0 Å². The van der Waals surface area contributed by atoms with E-state index in [2.05, 4.69) is 38.4 Å². The summed E-state index contributed by atoms with van der Waals surface area (Å²) < 4.78 is 18.1. The quantitative estimate of drug-likeness (QED) is 0.299. The Morgan fingerprint density at radius 3 is 2.58 bits per heavy atom. The van der Waals surface area contributed by atoms with Gasteiger partial charge in [0, 0.05) is 29.6 Å². The second kappa shape index (κ2) is 10.8. The van der Waals surface area contributed by atoms with Crippen molar-refractivity contribution in [3.63, 3.8) is 0 Å². The minimum absolute atomic E-state index is 0.106. The van der Waals surface area contributed by atoms with Gasteiger partial charge in [-0.05, 0) is 82.9 Å². The molecule has 0 bridgehead atoms. The standard InChI is InChI=1S/C30H30N6O4/c1-19-10-20(2)25-13-23(30(37)31-26(25)11-19)16-35(14-22-6-9-27-28(12-22)40-18-39-27)17-29-32-33-34-36(29)15-21-4-7-24(38-3)8-5-21/h4-13H,14-18H2,1-3H3,(H,31,37). The number of nitrogens with zero attached hydrogens (tertiary/aromatic N) is 5. The molecule has 0 radical (unpaired) electrons. The lowest BCUT2D eigenvalue weighted by Gasteiger charge is -2.22. The number of hydrogen-bond acceptors (Lipinski definition) is 8. The van der Waals surface area contributed by atoms with Gasteiger partial charge in [-0.2, -0.15) is 0 Å². The lowest BCUT2D eigenvalue weighted by Crippen LogP contribution is -2.28. The van der Waals surface area contributed by atoms with Crippen LogP contribution in [-0.2, 0) is 26.2 Å². The molecule has 2 aromatic heterocycles. The number of tetrazole rings is 1. The van der Waals surface area contributed by atoms with Crippen LogP contribution in [0.5, 0.6) is 17.2 Å². The lowest BCUT2D eigenvalue weighted by molar-refractivity contribution is 0.174. The number of rotatable bonds is 9. The van der Waals surface area contributed by atoms with Crippen molar-refractivity contribution in [1.82, 2.24) is 30.1 Å². The fraction of sp³-hybridized carbons (Fsp3) is 0.267. The second-order valence-corrected chi connectivity index (χ2v) is 10.1. The number of methoxy groups -OCH3 is 1. The number of nitrogens with one attached hydrogen (secondary N) is 1. The Hall–Kier alpha value is -4.70. The van der Waals surface area contributed by atoms with Crippen LogP contribution in [0.2, 0.25) is 0 Å². The van der Waals surface area contributed by atoms with Gasteiger partial charge in [0.2, 0.25) is 6.79 Å². The predicted molar refractivity (Wildman–Crippen MR) is 149 cm³/mol. The van der Waals surface area contributed by atoms with Gasteiger partial charge in [-0.1, -0.05) is 24.3 Å². The molecule has 0 saturated heterocycles. The average molecular weight is 539 g/mol. The summed E-state index contributed by atoms with van der Waals surface area (Å²) in [7, 11) is 1.64. The molecule has 3 heterocycles. The molecule has 0 spiro atoms. The fourth-order valence-corrected chi connectivity index (χ4v) is 5.10. The van der Waals surface area contributed by atoms with E-state index in [0.717, 1.165) is 50.4 Å². The Morgan fingerprint density at radius 2 is 1.75 bits per heavy atom. The molecule has 10 nitrogen and oxygen atoms in total. The highest BCUT2D eigenvalue weighted by Gasteiger charge is 2.19. The van der Waals surface area contributed by atoms with Crippen molar-refractivity contribution in [2.24, 2.45) is 0 Å². The molecule has 0 amide bonds. The maximum Gasteiger partial charge on any atom is 0.252 e. The van der Waals surface area contributed by atoms with E-state index in [4.69, 9.17) is 14.2 Å². The fourth-order valence-electron chi connectivity index (χ4n) is 5.10. The smallest absolute Gasteiger partial charge is 0.252 e. The number of benzene rings is 3. The van der Waals surface area contributed by atoms with Crippen LogP contribution < -0.4 is 19.8 Å². The van der Waals surface area contributed by atoms with Crippen molar-refractivity contribution in [3.8, 4) is 17.2 Å². The lowest BCUT2D eigenvalue weighted by atomic mass is 10.0. The summed E-state index contributed by atoms with van der Waals surface area (Å²) in [6.45, 7) is 6.21. The Labute approximate surface area is 231 Å². The molecule has 0 aliphatic carbocycles. The van der Waals surface area contributed by atoms with Gasteiger partial charge in [-0.3, -0.25) is 9.69 Å². The van der Waals surface area contributed by atoms with Gasteiger partial charge in [0.05, 0.1) is 20.2 Å². The van der Waals surface area contributed by atoms with Crippen molar-refractivity contribution in [2.75, 3.05) is 13.9 Å². The molecule has 6 rings (SSSR count). The highest BCUT2D eigenvalue weighted by molar-refractivity contribution is 5.83. The summed E-state index contributed by atoms with van der Waals surface area (Å²) in [6, 6.07) is 19.9. The van der Waals surface area contributed by atoms with Crippen molar-refractivity contribution < 1.29 is 14.2 Å². The van der Waals surface area contributed by atoms with Gasteiger partial charge < -0.3 is 19.2 Å². The molecule has 0 atom stereocenters. The zero-order valence-electron chi connectivity index (χ0n) is 22.7. The number of pyridine rings is 1. The molecule has 0 fully saturated rings. The number of fused-ring (bicyclic) bond motifs is 2. The van der Waals surface area contributed by atoms with E-state index in [1.165, 1.54) is 0 Å². The molecule has 1 N–H and O–H groups in total. The first-order valence-corrected chi connectivity index (χ1v) is 13.1. The van der Waals surface area contributed by atoms with E-state index in [-0.39, 0.29) is 12.4 Å². The third-order valence-electron chi connectivity index (χ3n) is 7.09. The number of aromatic nitrogens is 5. The van der Waals surface area contributed by atoms with Crippen LogP contribution in [0.3, 0.4) is 0 Å². The van der Waals surface area contributed by atoms with E-state index in [0.29, 0.717) is 37.6 Å². The summed E-state index contributed by atoms with van der Waals surface area (Å²) in [6.07, 6.45) is 0. The van der Waals surface area contributed by atoms with E-state index in [1.54, 1.807) is 11.8 Å². The van der Waals surface area contributed by atoms with Gasteiger partial charge in [-0.25, -0.2) is 4.68 Å². The molecule has 40 heavy (non-hydrogen) atoms. The van der Waals surface area contributed by atoms with Crippen LogP contribution in [0.25, 0.3) is 10.9 Å². The maximum atomic E-state index is 13.2. The highest BCUT2D eigenvalue weighted by atomic mass is 16.7. The first-order valence-electron chi connectivity index (χ1n) is 13.1. The minimum atomic E-state index is -0.106. The van der Waals surface area contributed by atoms with Gasteiger partial charge in [0.25, 0.3) is 5.56 Å². The minimum Gasteiger partial charge on any atom is -0.497 e. The second-order valence-electron chi connectivity index (χ2n) is 10.1. The van der Waals surface area contributed by atoms with Gasteiger partial charge in [-0.15, -0.1) is 5.10 Å². The summed E-state index contributed by atoms with van der Waals surface area (Å²) in [5.41, 5.74) is 5.73. The number of hydrogen-bond donors (Lipinski definition) is 1. The van der Waals surface area contributed by atoms with Gasteiger partial charge in [0.1, 0.15) is 5.75 Å². The molecule has 1 aliphatic rings. The SMILES string of the molecule is COc1ccc(Cn2nnnc2CN(Cc2ccc3c(c2)OCO3)Cc2cc3c(C)cc(C)cc3[nH]c2=O)cc1. The average Bonchev–Trinajstić information content (AvgIpc) is 3.59. The number of aromatic amines is 1. The normalized spacial score (nSPS) is 12.4. The molecular weight excluding hydrogens is 508 g/mol. The zero-order valence-corrected chi connectivity index (χ0v) is 22.7. The summed E-state index contributed by atoms with van der Waals surface area (Å²) >= 11 is 0. The third kappa shape index (κ3) is 5.39. The van der Waals surface area contributed by atoms with Crippen LogP contribution in [0.15, 0.2) is 65.5 Å². The third-order valence-corrected chi connectivity index (χ3v) is 7.09. The Balaban J connectivity index is 1.30. The van der Waals surface area contributed by atoms with Gasteiger partial charge >= 0.3 is 0 Å². The van der Waals surface area contributed by atoms with Crippen LogP contribution >= 0.6 is 0 Å². The molecule has 10 heteroatoms. The number of aryl methyl sites for hydroxylation is 2. The van der Waals surface area contributed by atoms with Crippen molar-refractivity contribution in [1.29, 1.82) is 0 Å². The first kappa shape index (κ1) is 25.6. The van der Waals surface area contributed by atoms with Gasteiger partial charge in [0.15, 0.2) is 17.3 Å². The Bertz CT molecular complexity index is 1730. The highest BCUT2D eigenvalue weighted by Crippen LogP contribution is 2.33. The largest absolute Gasteiger partial charge is 0.497 e. The molecule has 0 unspecified atom stereocenters. The van der Waals surface area contributed by atoms with E-state index < -0.39 is 0 Å². The van der Waals surface area contributed by atoms with Crippen LogP contribution in [0.1, 0.15) is 33.6 Å².